The molecule has 6 nitrogen and oxygen atoms in total. The molecule has 1 saturated heterocycles. The van der Waals surface area contributed by atoms with Crippen molar-refractivity contribution in [1.29, 1.82) is 5.26 Å². The van der Waals surface area contributed by atoms with Gasteiger partial charge in [0.1, 0.15) is 5.65 Å². The van der Waals surface area contributed by atoms with Crippen molar-refractivity contribution in [3.05, 3.63) is 48.4 Å². The molecule has 142 valence electrons. The Bertz CT molecular complexity index is 1050. The van der Waals surface area contributed by atoms with E-state index < -0.39 is 5.92 Å². The molecule has 0 aromatic carbocycles. The number of aromatic nitrogens is 2. The van der Waals surface area contributed by atoms with Gasteiger partial charge in [-0.2, -0.15) is 5.26 Å². The fourth-order valence-electron chi connectivity index (χ4n) is 3.29. The second kappa shape index (κ2) is 7.00. The second-order valence-corrected chi connectivity index (χ2v) is 6.84. The summed E-state index contributed by atoms with van der Waals surface area (Å²) in [4.78, 5) is 22.6. The van der Waals surface area contributed by atoms with Crippen molar-refractivity contribution in [3.63, 3.8) is 0 Å². The third kappa shape index (κ3) is 3.43. The molecule has 28 heavy (non-hydrogen) atoms. The number of amides is 1. The van der Waals surface area contributed by atoms with Gasteiger partial charge < -0.3 is 4.90 Å². The maximum Gasteiger partial charge on any atom is 0.255 e. The van der Waals surface area contributed by atoms with Crippen LogP contribution < -0.4 is 0 Å². The molecule has 1 amide bonds. The molecule has 0 bridgehead atoms. The van der Waals surface area contributed by atoms with E-state index in [0.717, 1.165) is 11.1 Å². The summed E-state index contributed by atoms with van der Waals surface area (Å²) in [6.07, 6.45) is 9.41. The van der Waals surface area contributed by atoms with E-state index in [4.69, 9.17) is 5.26 Å². The highest BCUT2D eigenvalue weighted by molar-refractivity contribution is 5.97. The molecule has 2 aliphatic rings. The Balaban J connectivity index is 1.59. The lowest BCUT2D eigenvalue weighted by Gasteiger charge is -2.31. The molecule has 2 aromatic heterocycles. The SMILES string of the molecule is N#CC1C=CC(n2ccc3cc(C(=O)N4CCC(F)(F)CC4)cnc32)=CN=C1. The quantitative estimate of drug-likeness (QED) is 0.799. The molecule has 0 aliphatic carbocycles. The summed E-state index contributed by atoms with van der Waals surface area (Å²) in [6, 6.07) is 5.67. The summed E-state index contributed by atoms with van der Waals surface area (Å²) in [5, 5.41) is 9.77. The first-order valence-electron chi connectivity index (χ1n) is 8.93. The molecule has 1 atom stereocenters. The zero-order valence-corrected chi connectivity index (χ0v) is 14.9. The first-order valence-corrected chi connectivity index (χ1v) is 8.93. The van der Waals surface area contributed by atoms with Crippen molar-refractivity contribution in [2.45, 2.75) is 18.8 Å². The van der Waals surface area contributed by atoms with E-state index >= 15 is 0 Å². The number of likely N-dealkylation sites (tertiary alicyclic amines) is 1. The highest BCUT2D eigenvalue weighted by Crippen LogP contribution is 2.29. The van der Waals surface area contributed by atoms with Gasteiger partial charge >= 0.3 is 0 Å². The third-order valence-electron chi connectivity index (χ3n) is 4.91. The van der Waals surface area contributed by atoms with Crippen LogP contribution in [0.2, 0.25) is 0 Å². The number of pyridine rings is 1. The predicted molar refractivity (Wildman–Crippen MR) is 101 cm³/mol. The number of halogens is 2. The third-order valence-corrected chi connectivity index (χ3v) is 4.91. The van der Waals surface area contributed by atoms with E-state index in [1.807, 2.05) is 16.8 Å². The largest absolute Gasteiger partial charge is 0.338 e. The van der Waals surface area contributed by atoms with Crippen LogP contribution >= 0.6 is 0 Å². The van der Waals surface area contributed by atoms with Crippen LogP contribution in [-0.4, -0.2) is 45.6 Å². The zero-order valence-electron chi connectivity index (χ0n) is 14.9. The van der Waals surface area contributed by atoms with Crippen LogP contribution in [0.4, 0.5) is 8.78 Å². The Hall–Kier alpha value is -3.34. The van der Waals surface area contributed by atoms with Gasteiger partial charge in [-0.1, -0.05) is 6.08 Å². The number of nitriles is 1. The highest BCUT2D eigenvalue weighted by Gasteiger charge is 2.35. The monoisotopic (exact) mass is 381 g/mol. The summed E-state index contributed by atoms with van der Waals surface area (Å²) in [5.74, 6) is -3.36. The minimum atomic E-state index is -2.69. The van der Waals surface area contributed by atoms with Crippen LogP contribution in [0, 0.1) is 17.2 Å². The van der Waals surface area contributed by atoms with E-state index in [1.165, 1.54) is 11.1 Å². The summed E-state index contributed by atoms with van der Waals surface area (Å²) >= 11 is 0. The number of carbonyl (C=O) groups excluding carboxylic acids is 1. The molecular formula is C20H17F2N5O. The van der Waals surface area contributed by atoms with Gasteiger partial charge in [0, 0.05) is 49.9 Å². The van der Waals surface area contributed by atoms with Gasteiger partial charge in [-0.25, -0.2) is 13.8 Å². The molecule has 4 heterocycles. The molecule has 0 saturated carbocycles. The number of rotatable bonds is 2. The average Bonchev–Trinajstić information content (AvgIpc) is 2.96. The van der Waals surface area contributed by atoms with Crippen molar-refractivity contribution >= 4 is 28.9 Å². The normalized spacial score (nSPS) is 21.2. The molecule has 0 radical (unpaired) electrons. The van der Waals surface area contributed by atoms with Crippen LogP contribution in [0.3, 0.4) is 0 Å². The number of piperidine rings is 1. The second-order valence-electron chi connectivity index (χ2n) is 6.84. The number of alkyl halides is 2. The van der Waals surface area contributed by atoms with Gasteiger partial charge in [0.25, 0.3) is 11.8 Å². The number of carbonyl (C=O) groups is 1. The van der Waals surface area contributed by atoms with E-state index in [9.17, 15) is 13.6 Å². The number of fused-ring (bicyclic) bond motifs is 1. The molecule has 2 aromatic rings. The summed E-state index contributed by atoms with van der Waals surface area (Å²) in [7, 11) is 0. The molecule has 1 fully saturated rings. The zero-order chi connectivity index (χ0) is 19.7. The van der Waals surface area contributed by atoms with E-state index in [1.54, 1.807) is 30.6 Å². The van der Waals surface area contributed by atoms with Gasteiger partial charge in [-0.15, -0.1) is 0 Å². The number of nitrogens with zero attached hydrogens (tertiary/aromatic N) is 5. The number of hydrogen-bond acceptors (Lipinski definition) is 4. The van der Waals surface area contributed by atoms with Crippen LogP contribution in [0.25, 0.3) is 16.7 Å². The Kier molecular flexibility index (Phi) is 4.51. The van der Waals surface area contributed by atoms with Crippen LogP contribution in [0.5, 0.6) is 0 Å². The van der Waals surface area contributed by atoms with E-state index in [-0.39, 0.29) is 37.8 Å². The van der Waals surface area contributed by atoms with Gasteiger partial charge in [0.05, 0.1) is 29.4 Å². The minimum Gasteiger partial charge on any atom is -0.338 e. The van der Waals surface area contributed by atoms with Gasteiger partial charge in [-0.3, -0.25) is 14.4 Å². The fourth-order valence-corrected chi connectivity index (χ4v) is 3.29. The summed E-state index contributed by atoms with van der Waals surface area (Å²) in [6.45, 7) is 0.0846. The van der Waals surface area contributed by atoms with Crippen molar-refractivity contribution in [3.8, 4) is 6.07 Å². The van der Waals surface area contributed by atoms with E-state index in [2.05, 4.69) is 16.0 Å². The van der Waals surface area contributed by atoms with Crippen LogP contribution in [0.1, 0.15) is 23.2 Å². The molecule has 0 spiro atoms. The Morgan fingerprint density at radius 3 is 2.86 bits per heavy atom. The van der Waals surface area contributed by atoms with Crippen molar-refractivity contribution in [1.82, 2.24) is 14.5 Å². The number of aliphatic imine (C=N–C) groups is 1. The lowest BCUT2D eigenvalue weighted by Crippen LogP contribution is -2.42. The molecule has 4 rings (SSSR count). The molecule has 1 unspecified atom stereocenters. The topological polar surface area (TPSA) is 74.3 Å². The Labute approximate surface area is 160 Å². The highest BCUT2D eigenvalue weighted by atomic mass is 19.3. The summed E-state index contributed by atoms with van der Waals surface area (Å²) in [5.41, 5.74) is 1.76. The van der Waals surface area contributed by atoms with Crippen molar-refractivity contribution < 1.29 is 13.6 Å². The Morgan fingerprint density at radius 2 is 2.11 bits per heavy atom. The predicted octanol–water partition coefficient (Wildman–Crippen LogP) is 3.49. The minimum absolute atomic E-state index is 0.0423. The lowest BCUT2D eigenvalue weighted by molar-refractivity contribution is -0.0494. The average molecular weight is 381 g/mol. The first kappa shape index (κ1) is 18.0. The van der Waals surface area contributed by atoms with Crippen LogP contribution in [-0.2, 0) is 0 Å². The Morgan fingerprint density at radius 1 is 1.32 bits per heavy atom. The maximum atomic E-state index is 13.3. The van der Waals surface area contributed by atoms with Gasteiger partial charge in [0.2, 0.25) is 0 Å². The van der Waals surface area contributed by atoms with Crippen molar-refractivity contribution in [2.75, 3.05) is 13.1 Å². The molecule has 8 heteroatoms. The maximum absolute atomic E-state index is 13.3. The first-order chi connectivity index (χ1) is 13.5. The van der Waals surface area contributed by atoms with Gasteiger partial charge in [-0.05, 0) is 18.2 Å². The van der Waals surface area contributed by atoms with Crippen LogP contribution in [0.15, 0.2) is 47.9 Å². The summed E-state index contributed by atoms with van der Waals surface area (Å²) < 4.78 is 28.4. The number of allylic oxidation sites excluding steroid dienone is 3. The molecular weight excluding hydrogens is 364 g/mol. The number of hydrogen-bond donors (Lipinski definition) is 0. The van der Waals surface area contributed by atoms with Gasteiger partial charge in [0.15, 0.2) is 0 Å². The molecule has 0 N–H and O–H groups in total. The fraction of sp³-hybridized carbons (Fsp3) is 0.300. The van der Waals surface area contributed by atoms with Crippen molar-refractivity contribution in [2.24, 2.45) is 10.9 Å². The molecule has 2 aliphatic heterocycles. The smallest absolute Gasteiger partial charge is 0.255 e. The lowest BCUT2D eigenvalue weighted by atomic mass is 10.1. The van der Waals surface area contributed by atoms with E-state index in [0.29, 0.717) is 11.2 Å². The standard InChI is InChI=1S/C20H17F2N5O/c21-20(22)4-7-26(8-5-20)19(28)16-9-15-3-6-27(18(15)25-12-16)17-2-1-14(10-23)11-24-13-17/h1-3,6,9,11-14H,4-5,7-8H2.